The van der Waals surface area contributed by atoms with Crippen molar-refractivity contribution in [3.63, 3.8) is 0 Å². The van der Waals surface area contributed by atoms with Gasteiger partial charge in [-0.05, 0) is 13.8 Å². The fraction of sp³-hybridized carbons (Fsp3) is 0.500. The van der Waals surface area contributed by atoms with Crippen LogP contribution in [0.15, 0.2) is 15.2 Å². The molecule has 0 aliphatic heterocycles. The normalized spacial score (nSPS) is 14.8. The average molecular weight is 238 g/mol. The minimum atomic E-state index is -0.790. The molecule has 0 aromatic carbocycles. The van der Waals surface area contributed by atoms with E-state index in [1.165, 1.54) is 6.20 Å². The molecule has 0 amide bonds. The fourth-order valence-corrected chi connectivity index (χ4v) is 1.43. The Hall–Kier alpha value is -1.73. The maximum absolute atomic E-state index is 6.00. The summed E-state index contributed by atoms with van der Waals surface area (Å²) in [7, 11) is 1.57. The van der Waals surface area contributed by atoms with Crippen molar-refractivity contribution in [2.75, 3.05) is 13.7 Å². The zero-order valence-corrected chi connectivity index (χ0v) is 9.93. The highest BCUT2D eigenvalue weighted by atomic mass is 16.5. The predicted octanol–water partition coefficient (Wildman–Crippen LogP) is 0.853. The van der Waals surface area contributed by atoms with Crippen LogP contribution in [0.2, 0.25) is 0 Å². The monoisotopic (exact) mass is 238 g/mol. The van der Waals surface area contributed by atoms with E-state index in [2.05, 4.69) is 15.3 Å². The zero-order valence-electron chi connectivity index (χ0n) is 9.93. The third-order valence-corrected chi connectivity index (χ3v) is 2.36. The minimum absolute atomic E-state index is 0.300. The van der Waals surface area contributed by atoms with Gasteiger partial charge in [-0.25, -0.2) is 0 Å². The van der Waals surface area contributed by atoms with Gasteiger partial charge in [0.05, 0.1) is 12.8 Å². The van der Waals surface area contributed by atoms with Gasteiger partial charge in [-0.2, -0.15) is 4.98 Å². The molecule has 0 radical (unpaired) electrons. The van der Waals surface area contributed by atoms with Gasteiger partial charge in [0.1, 0.15) is 16.9 Å². The van der Waals surface area contributed by atoms with E-state index < -0.39 is 5.54 Å². The summed E-state index contributed by atoms with van der Waals surface area (Å²) in [6.45, 7) is 3.84. The minimum Gasteiger partial charge on any atom is -0.382 e. The van der Waals surface area contributed by atoms with Crippen LogP contribution in [-0.4, -0.2) is 29.0 Å². The molecule has 0 spiro atoms. The van der Waals surface area contributed by atoms with Gasteiger partial charge < -0.3 is 19.5 Å². The summed E-state index contributed by atoms with van der Waals surface area (Å²) in [6.07, 6.45) is 1.52. The van der Waals surface area contributed by atoms with Gasteiger partial charge in [0, 0.05) is 7.11 Å². The number of hydrogen-bond acceptors (Lipinski definition) is 7. The van der Waals surface area contributed by atoms with Gasteiger partial charge in [-0.1, -0.05) is 10.3 Å². The molecule has 17 heavy (non-hydrogen) atoms. The van der Waals surface area contributed by atoms with Gasteiger partial charge >= 0.3 is 0 Å². The molecule has 0 bridgehead atoms. The number of hydrogen-bond donors (Lipinski definition) is 1. The summed E-state index contributed by atoms with van der Waals surface area (Å²) in [5, 5.41) is 7.49. The molecule has 0 aliphatic carbocycles. The third-order valence-electron chi connectivity index (χ3n) is 2.36. The summed E-state index contributed by atoms with van der Waals surface area (Å²) in [5.74, 6) is 1.34. The summed E-state index contributed by atoms with van der Waals surface area (Å²) in [6, 6.07) is 0. The van der Waals surface area contributed by atoms with Crippen LogP contribution in [0, 0.1) is 6.92 Å². The van der Waals surface area contributed by atoms with Gasteiger partial charge in [0.15, 0.2) is 5.82 Å². The van der Waals surface area contributed by atoms with Crippen LogP contribution in [0.25, 0.3) is 11.5 Å². The maximum Gasteiger partial charge on any atom is 0.263 e. The molecule has 7 heteroatoms. The van der Waals surface area contributed by atoms with E-state index in [9.17, 15) is 0 Å². The van der Waals surface area contributed by atoms with Crippen molar-refractivity contribution in [1.82, 2.24) is 15.3 Å². The highest BCUT2D eigenvalue weighted by Crippen LogP contribution is 2.23. The molecule has 2 aromatic heterocycles. The lowest BCUT2D eigenvalue weighted by molar-refractivity contribution is 0.135. The van der Waals surface area contributed by atoms with Crippen LogP contribution in [-0.2, 0) is 10.3 Å². The molecule has 92 valence electrons. The molecule has 0 aliphatic rings. The summed E-state index contributed by atoms with van der Waals surface area (Å²) in [5.41, 5.74) is 5.88. The van der Waals surface area contributed by atoms with Crippen molar-refractivity contribution >= 4 is 0 Å². The smallest absolute Gasteiger partial charge is 0.263 e. The Balaban J connectivity index is 2.31. The molecule has 1 unspecified atom stereocenters. The number of nitrogens with zero attached hydrogens (tertiary/aromatic N) is 3. The molecule has 0 saturated carbocycles. The highest BCUT2D eigenvalue weighted by molar-refractivity contribution is 5.53. The largest absolute Gasteiger partial charge is 0.382 e. The van der Waals surface area contributed by atoms with E-state index in [0.29, 0.717) is 29.6 Å². The Morgan fingerprint density at radius 3 is 2.82 bits per heavy atom. The highest BCUT2D eigenvalue weighted by Gasteiger charge is 2.28. The number of aryl methyl sites for hydroxylation is 1. The van der Waals surface area contributed by atoms with E-state index in [4.69, 9.17) is 19.5 Å². The van der Waals surface area contributed by atoms with Crippen molar-refractivity contribution in [3.05, 3.63) is 17.8 Å². The van der Waals surface area contributed by atoms with Gasteiger partial charge in [0.25, 0.3) is 5.89 Å². The molecule has 0 saturated heterocycles. The Kier molecular flexibility index (Phi) is 2.95. The SMILES string of the molecule is COCC(C)(N)c1noc(-c2cnoc2C)n1. The first-order valence-corrected chi connectivity index (χ1v) is 5.08. The first kappa shape index (κ1) is 11.7. The average Bonchev–Trinajstić information content (AvgIpc) is 2.85. The lowest BCUT2D eigenvalue weighted by atomic mass is 10.1. The number of rotatable bonds is 4. The predicted molar refractivity (Wildman–Crippen MR) is 57.9 cm³/mol. The van der Waals surface area contributed by atoms with Crippen molar-refractivity contribution < 1.29 is 13.8 Å². The molecule has 2 heterocycles. The summed E-state index contributed by atoms with van der Waals surface area (Å²) in [4.78, 5) is 4.22. The molecule has 7 nitrogen and oxygen atoms in total. The van der Waals surface area contributed by atoms with Crippen LogP contribution in [0.4, 0.5) is 0 Å². The number of nitrogens with two attached hydrogens (primary N) is 1. The van der Waals surface area contributed by atoms with Gasteiger partial charge in [-0.3, -0.25) is 0 Å². The first-order chi connectivity index (χ1) is 8.04. The molecule has 2 aromatic rings. The Bertz CT molecular complexity index is 503. The molecular weight excluding hydrogens is 224 g/mol. The van der Waals surface area contributed by atoms with E-state index >= 15 is 0 Å². The van der Waals surface area contributed by atoms with Gasteiger partial charge in [0.2, 0.25) is 0 Å². The van der Waals surface area contributed by atoms with Crippen molar-refractivity contribution in [2.45, 2.75) is 19.4 Å². The van der Waals surface area contributed by atoms with Crippen LogP contribution >= 0.6 is 0 Å². The van der Waals surface area contributed by atoms with E-state index in [1.54, 1.807) is 21.0 Å². The van der Waals surface area contributed by atoms with Crippen LogP contribution in [0.5, 0.6) is 0 Å². The van der Waals surface area contributed by atoms with Crippen molar-refractivity contribution in [1.29, 1.82) is 0 Å². The van der Waals surface area contributed by atoms with E-state index in [-0.39, 0.29) is 0 Å². The Morgan fingerprint density at radius 2 is 2.24 bits per heavy atom. The number of ether oxygens (including phenoxy) is 1. The lowest BCUT2D eigenvalue weighted by Crippen LogP contribution is -2.38. The molecule has 2 rings (SSSR count). The Morgan fingerprint density at radius 1 is 1.47 bits per heavy atom. The second-order valence-electron chi connectivity index (χ2n) is 4.07. The molecule has 1 atom stereocenters. The zero-order chi connectivity index (χ0) is 12.5. The van der Waals surface area contributed by atoms with Crippen molar-refractivity contribution in [2.24, 2.45) is 5.73 Å². The molecular formula is C10H14N4O3. The van der Waals surface area contributed by atoms with Crippen LogP contribution < -0.4 is 5.73 Å². The number of methoxy groups -OCH3 is 1. The fourth-order valence-electron chi connectivity index (χ4n) is 1.43. The second kappa shape index (κ2) is 4.27. The standard InChI is InChI=1S/C10H14N4O3/c1-6-7(4-12-16-6)8-13-9(14-17-8)10(2,11)5-15-3/h4H,5,11H2,1-3H3. The van der Waals surface area contributed by atoms with Crippen LogP contribution in [0.3, 0.4) is 0 Å². The number of aromatic nitrogens is 3. The lowest BCUT2D eigenvalue weighted by Gasteiger charge is -2.18. The first-order valence-electron chi connectivity index (χ1n) is 5.08. The topological polar surface area (TPSA) is 100 Å². The van der Waals surface area contributed by atoms with Gasteiger partial charge in [-0.15, -0.1) is 0 Å². The van der Waals surface area contributed by atoms with E-state index in [0.717, 1.165) is 0 Å². The summed E-state index contributed by atoms with van der Waals surface area (Å²) >= 11 is 0. The maximum atomic E-state index is 6.00. The van der Waals surface area contributed by atoms with Crippen LogP contribution in [0.1, 0.15) is 18.5 Å². The molecule has 2 N–H and O–H groups in total. The quantitative estimate of drug-likeness (QED) is 0.842. The van der Waals surface area contributed by atoms with E-state index in [1.807, 2.05) is 0 Å². The second-order valence-corrected chi connectivity index (χ2v) is 4.07. The van der Waals surface area contributed by atoms with Crippen molar-refractivity contribution in [3.8, 4) is 11.5 Å². The summed E-state index contributed by atoms with van der Waals surface area (Å²) < 4.78 is 15.1. The Labute approximate surface area is 97.9 Å². The third kappa shape index (κ3) is 2.20. The molecule has 0 fully saturated rings.